The lowest BCUT2D eigenvalue weighted by Gasteiger charge is -2.28. The SMILES string of the molecule is CCCCCC1CCC(/C=C/C2CCC(C(=O)Oc3ccc(CC)c(F)c3F)CC2)CC1. The van der Waals surface area contributed by atoms with Crippen molar-refractivity contribution >= 4 is 5.97 Å². The number of carbonyl (C=O) groups is 1. The molecule has 0 aliphatic heterocycles. The van der Waals surface area contributed by atoms with Gasteiger partial charge in [-0.25, -0.2) is 4.39 Å². The van der Waals surface area contributed by atoms with Crippen LogP contribution in [-0.2, 0) is 11.2 Å². The molecule has 0 heterocycles. The summed E-state index contributed by atoms with van der Waals surface area (Å²) >= 11 is 0. The topological polar surface area (TPSA) is 26.3 Å². The van der Waals surface area contributed by atoms with Gasteiger partial charge in [0.05, 0.1) is 5.92 Å². The van der Waals surface area contributed by atoms with Crippen LogP contribution in [0, 0.1) is 35.3 Å². The van der Waals surface area contributed by atoms with Gasteiger partial charge in [0.2, 0.25) is 5.82 Å². The average Bonchev–Trinajstić information content (AvgIpc) is 2.82. The summed E-state index contributed by atoms with van der Waals surface area (Å²) in [5, 5.41) is 0. The minimum absolute atomic E-state index is 0.230. The van der Waals surface area contributed by atoms with Gasteiger partial charge in [-0.3, -0.25) is 4.79 Å². The molecule has 2 aliphatic carbocycles. The number of halogens is 2. The number of hydrogen-bond acceptors (Lipinski definition) is 2. The fourth-order valence-electron chi connectivity index (χ4n) is 5.33. The predicted molar refractivity (Wildman–Crippen MR) is 126 cm³/mol. The summed E-state index contributed by atoms with van der Waals surface area (Å²) in [5.41, 5.74) is 0.291. The molecule has 0 unspecified atom stereocenters. The van der Waals surface area contributed by atoms with Crippen molar-refractivity contribution in [2.24, 2.45) is 23.7 Å². The fourth-order valence-corrected chi connectivity index (χ4v) is 5.33. The standard InChI is InChI=1S/C28H40F2O2/c1-3-5-6-7-20-8-10-21(11-9-20)12-13-22-14-16-24(17-15-22)28(31)32-25-19-18-23(4-2)26(29)27(25)30/h12-13,18-22,24H,3-11,14-17H2,1-2H3/b13-12+. The van der Waals surface area contributed by atoms with E-state index in [9.17, 15) is 13.6 Å². The Hall–Kier alpha value is -1.71. The van der Waals surface area contributed by atoms with Crippen LogP contribution < -0.4 is 4.74 Å². The largest absolute Gasteiger partial charge is 0.423 e. The molecule has 0 aromatic heterocycles. The molecule has 0 atom stereocenters. The molecule has 1 aromatic rings. The summed E-state index contributed by atoms with van der Waals surface area (Å²) in [7, 11) is 0. The number of ether oxygens (including phenoxy) is 1. The summed E-state index contributed by atoms with van der Waals surface area (Å²) in [6.45, 7) is 4.03. The first-order chi connectivity index (χ1) is 15.5. The highest BCUT2D eigenvalue weighted by atomic mass is 19.2. The molecule has 0 spiro atoms. The van der Waals surface area contributed by atoms with Crippen LogP contribution in [-0.4, -0.2) is 5.97 Å². The van der Waals surface area contributed by atoms with Crippen LogP contribution in [0.2, 0.25) is 0 Å². The molecule has 0 N–H and O–H groups in total. The molecule has 1 aromatic carbocycles. The van der Waals surface area contributed by atoms with Crippen LogP contribution >= 0.6 is 0 Å². The zero-order chi connectivity index (χ0) is 22.9. The molecule has 178 valence electrons. The zero-order valence-corrected chi connectivity index (χ0v) is 19.9. The van der Waals surface area contributed by atoms with Gasteiger partial charge in [-0.1, -0.05) is 57.7 Å². The Balaban J connectivity index is 1.40. The first kappa shape index (κ1) is 24.9. The van der Waals surface area contributed by atoms with Gasteiger partial charge in [-0.15, -0.1) is 0 Å². The van der Waals surface area contributed by atoms with Crippen LogP contribution in [0.25, 0.3) is 0 Å². The van der Waals surface area contributed by atoms with Crippen LogP contribution in [0.4, 0.5) is 8.78 Å². The van der Waals surface area contributed by atoms with E-state index < -0.39 is 17.6 Å². The van der Waals surface area contributed by atoms with Crippen molar-refractivity contribution in [3.05, 3.63) is 41.5 Å². The van der Waals surface area contributed by atoms with Crippen molar-refractivity contribution < 1.29 is 18.3 Å². The first-order valence-corrected chi connectivity index (χ1v) is 12.9. The Labute approximate surface area is 192 Å². The number of aryl methyl sites for hydroxylation is 1. The minimum Gasteiger partial charge on any atom is -0.423 e. The number of carbonyl (C=O) groups excluding carboxylic acids is 1. The average molecular weight is 447 g/mol. The smallest absolute Gasteiger partial charge is 0.314 e. The molecule has 2 saturated carbocycles. The summed E-state index contributed by atoms with van der Waals surface area (Å²) in [6, 6.07) is 2.85. The van der Waals surface area contributed by atoms with Crippen LogP contribution in [0.1, 0.15) is 96.5 Å². The van der Waals surface area contributed by atoms with Crippen LogP contribution in [0.15, 0.2) is 24.3 Å². The Bertz CT molecular complexity index is 757. The first-order valence-electron chi connectivity index (χ1n) is 12.9. The van der Waals surface area contributed by atoms with E-state index in [-0.39, 0.29) is 11.7 Å². The Kier molecular flexibility index (Phi) is 9.74. The summed E-state index contributed by atoms with van der Waals surface area (Å²) in [4.78, 5) is 12.5. The van der Waals surface area contributed by atoms with Crippen molar-refractivity contribution in [2.45, 2.75) is 97.3 Å². The molecule has 4 heteroatoms. The van der Waals surface area contributed by atoms with Gasteiger partial charge >= 0.3 is 5.97 Å². The highest BCUT2D eigenvalue weighted by Crippen LogP contribution is 2.35. The lowest BCUT2D eigenvalue weighted by atomic mass is 9.78. The van der Waals surface area contributed by atoms with E-state index >= 15 is 0 Å². The van der Waals surface area contributed by atoms with E-state index in [4.69, 9.17) is 4.74 Å². The molecule has 2 nitrogen and oxygen atoms in total. The van der Waals surface area contributed by atoms with E-state index in [0.29, 0.717) is 23.8 Å². The van der Waals surface area contributed by atoms with Crippen molar-refractivity contribution in [3.8, 4) is 5.75 Å². The zero-order valence-electron chi connectivity index (χ0n) is 19.9. The van der Waals surface area contributed by atoms with Crippen molar-refractivity contribution in [1.82, 2.24) is 0 Å². The maximum absolute atomic E-state index is 14.2. The second kappa shape index (κ2) is 12.5. The third-order valence-corrected chi connectivity index (χ3v) is 7.59. The molecular weight excluding hydrogens is 406 g/mol. The van der Waals surface area contributed by atoms with Crippen molar-refractivity contribution in [1.29, 1.82) is 0 Å². The van der Waals surface area contributed by atoms with E-state index in [1.165, 1.54) is 63.5 Å². The molecular formula is C28H40F2O2. The van der Waals surface area contributed by atoms with Crippen molar-refractivity contribution in [3.63, 3.8) is 0 Å². The number of rotatable bonds is 9. The van der Waals surface area contributed by atoms with E-state index in [2.05, 4.69) is 19.1 Å². The van der Waals surface area contributed by atoms with Gasteiger partial charge in [0.1, 0.15) is 0 Å². The van der Waals surface area contributed by atoms with Gasteiger partial charge in [-0.05, 0) is 87.2 Å². The predicted octanol–water partition coefficient (Wildman–Crippen LogP) is 8.18. The van der Waals surface area contributed by atoms with E-state index in [1.807, 2.05) is 0 Å². The third-order valence-electron chi connectivity index (χ3n) is 7.59. The monoisotopic (exact) mass is 446 g/mol. The number of unbranched alkanes of at least 4 members (excludes halogenated alkanes) is 2. The Morgan fingerprint density at radius 1 is 0.906 bits per heavy atom. The third kappa shape index (κ3) is 6.89. The molecule has 0 bridgehead atoms. The highest BCUT2D eigenvalue weighted by molar-refractivity contribution is 5.75. The van der Waals surface area contributed by atoms with E-state index in [1.54, 1.807) is 6.92 Å². The molecule has 0 saturated heterocycles. The number of esters is 1. The second-order valence-corrected chi connectivity index (χ2v) is 9.90. The molecule has 2 aliphatic rings. The second-order valence-electron chi connectivity index (χ2n) is 9.90. The fraction of sp³-hybridized carbons (Fsp3) is 0.679. The van der Waals surface area contributed by atoms with E-state index in [0.717, 1.165) is 31.6 Å². The molecule has 32 heavy (non-hydrogen) atoms. The molecule has 3 rings (SSSR count). The Morgan fingerprint density at radius 3 is 2.12 bits per heavy atom. The number of benzene rings is 1. The van der Waals surface area contributed by atoms with Crippen LogP contribution in [0.3, 0.4) is 0 Å². The molecule has 0 radical (unpaired) electrons. The quantitative estimate of drug-likeness (QED) is 0.165. The lowest BCUT2D eigenvalue weighted by molar-refractivity contribution is -0.140. The van der Waals surface area contributed by atoms with Crippen molar-refractivity contribution in [2.75, 3.05) is 0 Å². The van der Waals surface area contributed by atoms with Gasteiger partial charge in [0.15, 0.2) is 11.6 Å². The maximum atomic E-state index is 14.2. The molecule has 2 fully saturated rings. The normalized spacial score (nSPS) is 26.4. The van der Waals surface area contributed by atoms with Gasteiger partial charge in [-0.2, -0.15) is 4.39 Å². The van der Waals surface area contributed by atoms with Gasteiger partial charge in [0.25, 0.3) is 0 Å². The Morgan fingerprint density at radius 2 is 1.53 bits per heavy atom. The molecule has 0 amide bonds. The van der Waals surface area contributed by atoms with Gasteiger partial charge < -0.3 is 4.74 Å². The summed E-state index contributed by atoms with van der Waals surface area (Å²) in [6.07, 6.45) is 19.4. The summed E-state index contributed by atoms with van der Waals surface area (Å²) < 4.78 is 33.3. The van der Waals surface area contributed by atoms with Crippen LogP contribution in [0.5, 0.6) is 5.75 Å². The van der Waals surface area contributed by atoms with Gasteiger partial charge in [0, 0.05) is 0 Å². The number of allylic oxidation sites excluding steroid dienone is 2. The summed E-state index contributed by atoms with van der Waals surface area (Å²) in [5.74, 6) is -0.775. The number of hydrogen-bond donors (Lipinski definition) is 0. The lowest BCUT2D eigenvalue weighted by Crippen LogP contribution is -2.25. The maximum Gasteiger partial charge on any atom is 0.314 e. The highest BCUT2D eigenvalue weighted by Gasteiger charge is 2.28. The minimum atomic E-state index is -1.06.